The van der Waals surface area contributed by atoms with Crippen LogP contribution in [0.25, 0.3) is 5.69 Å². The number of aryl methyl sites for hydroxylation is 1. The van der Waals surface area contributed by atoms with Gasteiger partial charge >= 0.3 is 0 Å². The van der Waals surface area contributed by atoms with E-state index in [0.717, 1.165) is 24.5 Å². The molecule has 1 aliphatic heterocycles. The van der Waals surface area contributed by atoms with E-state index in [0.29, 0.717) is 34.5 Å². The van der Waals surface area contributed by atoms with Crippen molar-refractivity contribution in [2.75, 3.05) is 36.0 Å². The summed E-state index contributed by atoms with van der Waals surface area (Å²) < 4.78 is 1.27. The molecule has 0 saturated carbocycles. The number of halogens is 3. The molecule has 1 fully saturated rings. The summed E-state index contributed by atoms with van der Waals surface area (Å²) >= 11 is 18.5. The van der Waals surface area contributed by atoms with E-state index in [2.05, 4.69) is 19.9 Å². The lowest BCUT2D eigenvalue weighted by molar-refractivity contribution is 0.643. The van der Waals surface area contributed by atoms with Gasteiger partial charge in [0, 0.05) is 37.4 Å². The first-order chi connectivity index (χ1) is 13.9. The minimum atomic E-state index is -0.370. The van der Waals surface area contributed by atoms with Gasteiger partial charge in [0.15, 0.2) is 0 Å². The molecule has 1 aromatic carbocycles. The van der Waals surface area contributed by atoms with E-state index in [1.54, 1.807) is 24.5 Å². The molecule has 9 heteroatoms. The molecule has 0 bridgehead atoms. The number of aromatic nitrogens is 3. The van der Waals surface area contributed by atoms with Crippen molar-refractivity contribution in [2.24, 2.45) is 0 Å². The fourth-order valence-electron chi connectivity index (χ4n) is 3.27. The molecule has 0 spiro atoms. The Bertz CT molecular complexity index is 1090. The predicted octanol–water partition coefficient (Wildman–Crippen LogP) is 4.22. The van der Waals surface area contributed by atoms with Gasteiger partial charge in [-0.2, -0.15) is 9.78 Å². The van der Waals surface area contributed by atoms with Gasteiger partial charge in [-0.05, 0) is 36.8 Å². The van der Waals surface area contributed by atoms with E-state index < -0.39 is 0 Å². The van der Waals surface area contributed by atoms with Crippen LogP contribution in [0.4, 0.5) is 11.5 Å². The van der Waals surface area contributed by atoms with E-state index in [-0.39, 0.29) is 10.6 Å². The number of pyridine rings is 1. The molecule has 2 aromatic heterocycles. The molecule has 0 amide bonds. The lowest BCUT2D eigenvalue weighted by Crippen LogP contribution is -2.47. The highest BCUT2D eigenvalue weighted by molar-refractivity contribution is 6.33. The molecule has 0 atom stereocenters. The molecule has 150 valence electrons. The van der Waals surface area contributed by atoms with E-state index in [9.17, 15) is 4.79 Å². The summed E-state index contributed by atoms with van der Waals surface area (Å²) in [5.74, 6) is 0.880. The van der Waals surface area contributed by atoms with Crippen molar-refractivity contribution < 1.29 is 0 Å². The second kappa shape index (κ2) is 8.22. The van der Waals surface area contributed by atoms with Crippen molar-refractivity contribution in [3.05, 3.63) is 73.7 Å². The first-order valence-electron chi connectivity index (χ1n) is 9.10. The van der Waals surface area contributed by atoms with Crippen LogP contribution in [0, 0.1) is 6.92 Å². The number of anilines is 2. The Kier molecular flexibility index (Phi) is 5.67. The molecular weight excluding hydrogens is 433 g/mol. The highest BCUT2D eigenvalue weighted by Crippen LogP contribution is 2.25. The maximum absolute atomic E-state index is 12.8. The van der Waals surface area contributed by atoms with Crippen LogP contribution in [-0.2, 0) is 0 Å². The third kappa shape index (κ3) is 4.06. The van der Waals surface area contributed by atoms with Crippen LogP contribution in [0.2, 0.25) is 15.1 Å². The molecule has 1 aliphatic rings. The SMILES string of the molecule is Cc1ccc(-n2ncc(N3CCN(c4ccc(Cl)cn4)CC3)c(Cl)c2=O)cc1Cl. The molecule has 29 heavy (non-hydrogen) atoms. The van der Waals surface area contributed by atoms with Crippen molar-refractivity contribution in [2.45, 2.75) is 6.92 Å². The average molecular weight is 451 g/mol. The zero-order chi connectivity index (χ0) is 20.5. The fourth-order valence-corrected chi connectivity index (χ4v) is 3.81. The number of benzene rings is 1. The van der Waals surface area contributed by atoms with Crippen molar-refractivity contribution in [1.82, 2.24) is 14.8 Å². The Balaban J connectivity index is 1.54. The predicted molar refractivity (Wildman–Crippen MR) is 118 cm³/mol. The number of rotatable bonds is 3. The van der Waals surface area contributed by atoms with Gasteiger partial charge in [-0.3, -0.25) is 4.79 Å². The number of piperazine rings is 1. The molecule has 0 unspecified atom stereocenters. The van der Waals surface area contributed by atoms with Gasteiger partial charge in [0.05, 0.1) is 22.6 Å². The Morgan fingerprint density at radius 1 is 0.931 bits per heavy atom. The largest absolute Gasteiger partial charge is 0.365 e. The summed E-state index contributed by atoms with van der Waals surface area (Å²) in [6.07, 6.45) is 3.27. The van der Waals surface area contributed by atoms with Gasteiger partial charge in [-0.25, -0.2) is 4.98 Å². The maximum Gasteiger partial charge on any atom is 0.292 e. The molecule has 0 aliphatic carbocycles. The summed E-state index contributed by atoms with van der Waals surface area (Å²) in [7, 11) is 0. The highest BCUT2D eigenvalue weighted by atomic mass is 35.5. The van der Waals surface area contributed by atoms with Gasteiger partial charge in [-0.1, -0.05) is 40.9 Å². The average Bonchev–Trinajstić information content (AvgIpc) is 2.73. The summed E-state index contributed by atoms with van der Waals surface area (Å²) in [5, 5.41) is 5.65. The zero-order valence-corrected chi connectivity index (χ0v) is 17.9. The summed E-state index contributed by atoms with van der Waals surface area (Å²) in [4.78, 5) is 21.4. The minimum Gasteiger partial charge on any atom is -0.365 e. The Morgan fingerprint density at radius 3 is 2.31 bits per heavy atom. The Hall–Kier alpha value is -2.28. The van der Waals surface area contributed by atoms with Crippen LogP contribution in [0.3, 0.4) is 0 Å². The van der Waals surface area contributed by atoms with Gasteiger partial charge < -0.3 is 9.80 Å². The van der Waals surface area contributed by atoms with E-state index in [4.69, 9.17) is 34.8 Å². The van der Waals surface area contributed by atoms with Crippen LogP contribution >= 0.6 is 34.8 Å². The first-order valence-corrected chi connectivity index (χ1v) is 10.2. The lowest BCUT2D eigenvalue weighted by atomic mass is 10.2. The summed E-state index contributed by atoms with van der Waals surface area (Å²) in [6, 6.07) is 9.08. The van der Waals surface area contributed by atoms with Crippen molar-refractivity contribution in [1.29, 1.82) is 0 Å². The molecule has 3 heterocycles. The van der Waals surface area contributed by atoms with Gasteiger partial charge in [0.25, 0.3) is 5.56 Å². The fraction of sp³-hybridized carbons (Fsp3) is 0.250. The minimum absolute atomic E-state index is 0.148. The second-order valence-electron chi connectivity index (χ2n) is 6.80. The molecular formula is C20H18Cl3N5O. The van der Waals surface area contributed by atoms with E-state index in [1.807, 2.05) is 25.1 Å². The second-order valence-corrected chi connectivity index (χ2v) is 8.02. The molecule has 4 rings (SSSR count). The molecule has 6 nitrogen and oxygen atoms in total. The number of hydrogen-bond donors (Lipinski definition) is 0. The topological polar surface area (TPSA) is 54.3 Å². The Morgan fingerprint density at radius 2 is 1.66 bits per heavy atom. The summed E-state index contributed by atoms with van der Waals surface area (Å²) in [6.45, 7) is 4.80. The van der Waals surface area contributed by atoms with Crippen LogP contribution in [0.5, 0.6) is 0 Å². The molecule has 3 aromatic rings. The van der Waals surface area contributed by atoms with Gasteiger partial charge in [0.2, 0.25) is 0 Å². The third-order valence-electron chi connectivity index (χ3n) is 4.96. The van der Waals surface area contributed by atoms with Crippen LogP contribution < -0.4 is 15.4 Å². The van der Waals surface area contributed by atoms with Crippen LogP contribution in [0.1, 0.15) is 5.56 Å². The molecule has 1 saturated heterocycles. The third-order valence-corrected chi connectivity index (χ3v) is 5.94. The number of hydrogen-bond acceptors (Lipinski definition) is 5. The highest BCUT2D eigenvalue weighted by Gasteiger charge is 2.22. The van der Waals surface area contributed by atoms with E-state index in [1.165, 1.54) is 4.68 Å². The van der Waals surface area contributed by atoms with Gasteiger partial charge in [-0.15, -0.1) is 0 Å². The number of nitrogens with zero attached hydrogens (tertiary/aromatic N) is 5. The lowest BCUT2D eigenvalue weighted by Gasteiger charge is -2.36. The molecule has 0 radical (unpaired) electrons. The smallest absolute Gasteiger partial charge is 0.292 e. The normalized spacial score (nSPS) is 14.3. The van der Waals surface area contributed by atoms with Crippen LogP contribution in [0.15, 0.2) is 47.5 Å². The molecule has 0 N–H and O–H groups in total. The zero-order valence-electron chi connectivity index (χ0n) is 15.6. The van der Waals surface area contributed by atoms with Gasteiger partial charge in [0.1, 0.15) is 10.8 Å². The van der Waals surface area contributed by atoms with Crippen LogP contribution in [-0.4, -0.2) is 40.9 Å². The first kappa shape index (κ1) is 20.0. The quantitative estimate of drug-likeness (QED) is 0.598. The maximum atomic E-state index is 12.8. The van der Waals surface area contributed by atoms with Crippen molar-refractivity contribution >= 4 is 46.3 Å². The summed E-state index contributed by atoms with van der Waals surface area (Å²) in [5.41, 5.74) is 1.78. The standard InChI is InChI=1S/C20H18Cl3N5O/c1-13-2-4-15(10-16(13)22)28-20(29)19(23)17(12-25-28)26-6-8-27(9-7-26)18-5-3-14(21)11-24-18/h2-5,10-12H,6-9H2,1H3. The Labute approximate surface area is 183 Å². The van der Waals surface area contributed by atoms with Crippen molar-refractivity contribution in [3.63, 3.8) is 0 Å². The van der Waals surface area contributed by atoms with E-state index >= 15 is 0 Å². The van der Waals surface area contributed by atoms with Crippen molar-refractivity contribution in [3.8, 4) is 5.69 Å². The monoisotopic (exact) mass is 449 g/mol.